The second-order valence-electron chi connectivity index (χ2n) is 23.1. The van der Waals surface area contributed by atoms with E-state index in [1.54, 1.807) is 0 Å². The molecule has 0 aliphatic heterocycles. The summed E-state index contributed by atoms with van der Waals surface area (Å²) in [5.74, 6) is -0.896. The fourth-order valence-electron chi connectivity index (χ4n) is 9.78. The highest BCUT2D eigenvalue weighted by atomic mass is 16.6. The summed E-state index contributed by atoms with van der Waals surface area (Å²) in [5.41, 5.74) is 0. The van der Waals surface area contributed by atoms with Crippen LogP contribution in [0, 0.1) is 0 Å². The molecule has 0 saturated carbocycles. The van der Waals surface area contributed by atoms with Gasteiger partial charge in [0.15, 0.2) is 6.10 Å². The van der Waals surface area contributed by atoms with E-state index in [1.165, 1.54) is 199 Å². The van der Waals surface area contributed by atoms with Gasteiger partial charge < -0.3 is 14.2 Å². The number of allylic oxidation sites excluding steroid dienone is 16. The molecule has 0 rings (SSSR count). The van der Waals surface area contributed by atoms with E-state index in [1.807, 2.05) is 0 Å². The van der Waals surface area contributed by atoms with Crippen LogP contribution in [0.3, 0.4) is 0 Å². The molecule has 0 aromatic heterocycles. The standard InChI is InChI=1S/C75H130O6/c1-4-7-10-13-16-19-22-25-28-31-34-36-37-39-41-44-47-50-53-56-59-62-65-68-74(77)80-71-72(70-79-73(76)67-64-61-58-55-52-49-46-43-40-33-30-27-24-21-18-15-12-9-6-3)81-75(78)69-66-63-60-57-54-51-48-45-42-38-35-32-29-26-23-20-17-14-11-8-5-2/h18,21-23,25-27,30-32,34-35,37,39-40,43,72H,4-17,19-20,24,28-29,33,36,38,41-42,44-71H2,1-3H3/b21-18-,25-22-,26-23-,30-27-,34-31-,35-32-,39-37-,43-40-. The fraction of sp³-hybridized carbons (Fsp3) is 0.747. The van der Waals surface area contributed by atoms with Crippen LogP contribution in [-0.4, -0.2) is 37.2 Å². The number of rotatable bonds is 63. The summed E-state index contributed by atoms with van der Waals surface area (Å²) in [6.07, 6.45) is 92.7. The van der Waals surface area contributed by atoms with E-state index >= 15 is 0 Å². The molecule has 0 fully saturated rings. The predicted molar refractivity (Wildman–Crippen MR) is 353 cm³/mol. The molecule has 0 radical (unpaired) electrons. The minimum atomic E-state index is -0.792. The first-order valence-electron chi connectivity index (χ1n) is 34.7. The van der Waals surface area contributed by atoms with Crippen LogP contribution in [0.1, 0.15) is 342 Å². The normalized spacial score (nSPS) is 12.7. The maximum atomic E-state index is 13.0. The van der Waals surface area contributed by atoms with E-state index in [0.29, 0.717) is 19.3 Å². The van der Waals surface area contributed by atoms with Crippen molar-refractivity contribution in [1.29, 1.82) is 0 Å². The lowest BCUT2D eigenvalue weighted by Gasteiger charge is -2.18. The zero-order valence-electron chi connectivity index (χ0n) is 53.5. The van der Waals surface area contributed by atoms with Gasteiger partial charge in [-0.3, -0.25) is 14.4 Å². The molecular weight excluding hydrogens is 997 g/mol. The Hall–Kier alpha value is -3.67. The highest BCUT2D eigenvalue weighted by molar-refractivity contribution is 5.71. The third-order valence-corrected chi connectivity index (χ3v) is 15.0. The molecular formula is C75H130O6. The number of carbonyl (C=O) groups excluding carboxylic acids is 3. The van der Waals surface area contributed by atoms with Gasteiger partial charge in [-0.25, -0.2) is 0 Å². The van der Waals surface area contributed by atoms with Crippen LogP contribution in [0.5, 0.6) is 0 Å². The second kappa shape index (κ2) is 68.8. The van der Waals surface area contributed by atoms with Crippen molar-refractivity contribution in [2.24, 2.45) is 0 Å². The van der Waals surface area contributed by atoms with Crippen LogP contribution in [0.4, 0.5) is 0 Å². The van der Waals surface area contributed by atoms with Gasteiger partial charge in [0.05, 0.1) is 0 Å². The Morgan fingerprint density at radius 3 is 0.716 bits per heavy atom. The number of hydrogen-bond acceptors (Lipinski definition) is 6. The number of carbonyl (C=O) groups is 3. The molecule has 0 aromatic rings. The zero-order chi connectivity index (χ0) is 58.5. The van der Waals surface area contributed by atoms with Crippen molar-refractivity contribution in [2.45, 2.75) is 348 Å². The first-order valence-corrected chi connectivity index (χ1v) is 34.7. The molecule has 0 saturated heterocycles. The average Bonchev–Trinajstić information content (AvgIpc) is 3.47. The van der Waals surface area contributed by atoms with Gasteiger partial charge in [-0.15, -0.1) is 0 Å². The van der Waals surface area contributed by atoms with Crippen LogP contribution in [0.2, 0.25) is 0 Å². The molecule has 1 unspecified atom stereocenters. The first-order chi connectivity index (χ1) is 40.0. The number of esters is 3. The van der Waals surface area contributed by atoms with Crippen LogP contribution >= 0.6 is 0 Å². The number of ether oxygens (including phenoxy) is 3. The van der Waals surface area contributed by atoms with E-state index in [2.05, 4.69) is 118 Å². The van der Waals surface area contributed by atoms with E-state index in [-0.39, 0.29) is 31.1 Å². The van der Waals surface area contributed by atoms with E-state index in [0.717, 1.165) is 103 Å². The lowest BCUT2D eigenvalue weighted by molar-refractivity contribution is -0.167. The third kappa shape index (κ3) is 67.0. The lowest BCUT2D eigenvalue weighted by Crippen LogP contribution is -2.30. The van der Waals surface area contributed by atoms with Crippen molar-refractivity contribution in [1.82, 2.24) is 0 Å². The Kier molecular flexibility index (Phi) is 65.7. The quantitative estimate of drug-likeness (QED) is 0.0261. The summed E-state index contributed by atoms with van der Waals surface area (Å²) in [6.45, 7) is 6.61. The molecule has 0 bridgehead atoms. The molecule has 466 valence electrons. The highest BCUT2D eigenvalue weighted by Crippen LogP contribution is 2.16. The Labute approximate surface area is 502 Å². The van der Waals surface area contributed by atoms with Gasteiger partial charge in [-0.2, -0.15) is 0 Å². The number of hydrogen-bond donors (Lipinski definition) is 0. The van der Waals surface area contributed by atoms with Crippen LogP contribution in [-0.2, 0) is 28.6 Å². The van der Waals surface area contributed by atoms with Crippen molar-refractivity contribution < 1.29 is 28.6 Å². The van der Waals surface area contributed by atoms with Crippen LogP contribution in [0.25, 0.3) is 0 Å². The molecule has 0 aliphatic carbocycles. The zero-order valence-corrected chi connectivity index (χ0v) is 53.5. The highest BCUT2D eigenvalue weighted by Gasteiger charge is 2.19. The van der Waals surface area contributed by atoms with Crippen molar-refractivity contribution in [3.63, 3.8) is 0 Å². The maximum Gasteiger partial charge on any atom is 0.306 e. The monoisotopic (exact) mass is 1130 g/mol. The molecule has 0 heterocycles. The first kappa shape index (κ1) is 77.3. The van der Waals surface area contributed by atoms with E-state index in [9.17, 15) is 14.4 Å². The Morgan fingerprint density at radius 1 is 0.247 bits per heavy atom. The van der Waals surface area contributed by atoms with Crippen molar-refractivity contribution in [3.05, 3.63) is 97.2 Å². The van der Waals surface area contributed by atoms with Gasteiger partial charge in [-0.05, 0) is 128 Å². The largest absolute Gasteiger partial charge is 0.462 e. The van der Waals surface area contributed by atoms with Crippen molar-refractivity contribution in [3.8, 4) is 0 Å². The smallest absolute Gasteiger partial charge is 0.306 e. The molecule has 0 aromatic carbocycles. The summed E-state index contributed by atoms with van der Waals surface area (Å²) >= 11 is 0. The SMILES string of the molecule is CCCCC/C=C\C/C=C\C/C=C\CCCCCCCCC(=O)OCC(COC(=O)CCCCCCCCCC/C=C\C/C=C\C/C=C\CCCCCCC)OC(=O)CCCCCCCCCCC/C=C\C/C=C\CCCCCCC. The summed E-state index contributed by atoms with van der Waals surface area (Å²) in [5, 5.41) is 0. The molecule has 0 amide bonds. The molecule has 6 heteroatoms. The summed E-state index contributed by atoms with van der Waals surface area (Å²) in [6, 6.07) is 0. The molecule has 1 atom stereocenters. The molecule has 81 heavy (non-hydrogen) atoms. The Bertz CT molecular complexity index is 1580. The van der Waals surface area contributed by atoms with Gasteiger partial charge in [0, 0.05) is 19.3 Å². The molecule has 0 spiro atoms. The van der Waals surface area contributed by atoms with Crippen molar-refractivity contribution in [2.75, 3.05) is 13.2 Å². The van der Waals surface area contributed by atoms with Gasteiger partial charge in [0.25, 0.3) is 0 Å². The van der Waals surface area contributed by atoms with E-state index in [4.69, 9.17) is 14.2 Å². The summed E-state index contributed by atoms with van der Waals surface area (Å²) in [4.78, 5) is 38.5. The lowest BCUT2D eigenvalue weighted by atomic mass is 10.1. The summed E-state index contributed by atoms with van der Waals surface area (Å²) in [7, 11) is 0. The third-order valence-electron chi connectivity index (χ3n) is 15.0. The number of unbranched alkanes of at least 4 members (excludes halogenated alkanes) is 36. The maximum absolute atomic E-state index is 13.0. The molecule has 6 nitrogen and oxygen atoms in total. The van der Waals surface area contributed by atoms with Gasteiger partial charge in [-0.1, -0.05) is 291 Å². The van der Waals surface area contributed by atoms with Gasteiger partial charge in [0.2, 0.25) is 0 Å². The van der Waals surface area contributed by atoms with Crippen LogP contribution < -0.4 is 0 Å². The minimum Gasteiger partial charge on any atom is -0.462 e. The summed E-state index contributed by atoms with van der Waals surface area (Å²) < 4.78 is 17.0. The van der Waals surface area contributed by atoms with Gasteiger partial charge in [0.1, 0.15) is 13.2 Å². The topological polar surface area (TPSA) is 78.9 Å². The predicted octanol–water partition coefficient (Wildman–Crippen LogP) is 24.0. The van der Waals surface area contributed by atoms with E-state index < -0.39 is 6.10 Å². The Morgan fingerprint density at radius 2 is 0.444 bits per heavy atom. The van der Waals surface area contributed by atoms with Gasteiger partial charge >= 0.3 is 17.9 Å². The molecule has 0 N–H and O–H groups in total. The fourth-order valence-corrected chi connectivity index (χ4v) is 9.78. The second-order valence-corrected chi connectivity index (χ2v) is 23.1. The van der Waals surface area contributed by atoms with Crippen molar-refractivity contribution >= 4 is 17.9 Å². The average molecular weight is 1130 g/mol. The van der Waals surface area contributed by atoms with Crippen LogP contribution in [0.15, 0.2) is 97.2 Å². The minimum absolute atomic E-state index is 0.0869. The Balaban J connectivity index is 4.42. The molecule has 0 aliphatic rings.